The highest BCUT2D eigenvalue weighted by atomic mass is 16.5. The molecule has 5 nitrogen and oxygen atoms in total. The minimum Gasteiger partial charge on any atom is -0.473 e. The molecule has 0 radical (unpaired) electrons. The Morgan fingerprint density at radius 3 is 2.31 bits per heavy atom. The molecule has 0 saturated carbocycles. The lowest BCUT2D eigenvalue weighted by Gasteiger charge is -2.11. The lowest BCUT2D eigenvalue weighted by molar-refractivity contribution is 0.102. The van der Waals surface area contributed by atoms with Gasteiger partial charge in [0.1, 0.15) is 18.6 Å². The van der Waals surface area contributed by atoms with Gasteiger partial charge in [0.25, 0.3) is 5.91 Å². The van der Waals surface area contributed by atoms with Gasteiger partial charge in [0.05, 0.1) is 0 Å². The predicted octanol–water partition coefficient (Wildman–Crippen LogP) is 4.97. The second kappa shape index (κ2) is 8.80. The summed E-state index contributed by atoms with van der Waals surface area (Å²) in [6.07, 6.45) is 1.33. The number of para-hydroxylation sites is 1. The van der Waals surface area contributed by atoms with Gasteiger partial charge < -0.3 is 10.1 Å². The van der Waals surface area contributed by atoms with Crippen LogP contribution in [0, 0.1) is 0 Å². The minimum atomic E-state index is -0.319. The zero-order chi connectivity index (χ0) is 19.9. The van der Waals surface area contributed by atoms with Gasteiger partial charge >= 0.3 is 0 Å². The van der Waals surface area contributed by atoms with Crippen LogP contribution in [0.25, 0.3) is 11.1 Å². The molecule has 1 amide bonds. The summed E-state index contributed by atoms with van der Waals surface area (Å²) in [5.74, 6) is 0.0330. The van der Waals surface area contributed by atoms with E-state index in [0.29, 0.717) is 18.2 Å². The van der Waals surface area contributed by atoms with Crippen LogP contribution in [0.15, 0.2) is 97.3 Å². The Bertz CT molecular complexity index is 1100. The Hall–Kier alpha value is -3.99. The van der Waals surface area contributed by atoms with Crippen molar-refractivity contribution >= 4 is 11.6 Å². The van der Waals surface area contributed by atoms with Crippen molar-refractivity contribution in [3.05, 3.63) is 109 Å². The van der Waals surface area contributed by atoms with E-state index in [4.69, 9.17) is 4.74 Å². The Morgan fingerprint density at radius 2 is 1.52 bits per heavy atom. The summed E-state index contributed by atoms with van der Waals surface area (Å²) in [5.41, 5.74) is 3.95. The summed E-state index contributed by atoms with van der Waals surface area (Å²) >= 11 is 0. The lowest BCUT2D eigenvalue weighted by atomic mass is 10.0. The number of amides is 1. The van der Waals surface area contributed by atoms with Gasteiger partial charge in [-0.15, -0.1) is 0 Å². The molecule has 0 spiro atoms. The molecule has 0 aliphatic rings. The molecular formula is C24H19N3O2. The number of hydrogen-bond acceptors (Lipinski definition) is 4. The molecule has 1 N–H and O–H groups in total. The maximum atomic E-state index is 12.8. The summed E-state index contributed by atoms with van der Waals surface area (Å²) < 4.78 is 5.70. The summed E-state index contributed by atoms with van der Waals surface area (Å²) in [6, 6.07) is 28.9. The number of nitrogens with one attached hydrogen (secondary N) is 1. The van der Waals surface area contributed by atoms with Crippen LogP contribution < -0.4 is 10.1 Å². The van der Waals surface area contributed by atoms with Crippen molar-refractivity contribution < 1.29 is 9.53 Å². The number of anilines is 1. The third-order valence-electron chi connectivity index (χ3n) is 4.36. The number of hydrogen-bond donors (Lipinski definition) is 1. The third-order valence-corrected chi connectivity index (χ3v) is 4.36. The molecular weight excluding hydrogens is 362 g/mol. The van der Waals surface area contributed by atoms with Gasteiger partial charge in [0.2, 0.25) is 5.88 Å². The fraction of sp³-hybridized carbons (Fsp3) is 0.0417. The van der Waals surface area contributed by atoms with E-state index in [0.717, 1.165) is 16.7 Å². The van der Waals surface area contributed by atoms with E-state index >= 15 is 0 Å². The first-order valence-electron chi connectivity index (χ1n) is 9.24. The average molecular weight is 381 g/mol. The quantitative estimate of drug-likeness (QED) is 0.512. The van der Waals surface area contributed by atoms with Crippen molar-refractivity contribution in [2.75, 3.05) is 5.32 Å². The topological polar surface area (TPSA) is 64.1 Å². The molecule has 1 aromatic heterocycles. The molecule has 1 heterocycles. The third kappa shape index (κ3) is 4.65. The largest absolute Gasteiger partial charge is 0.473 e. The molecule has 29 heavy (non-hydrogen) atoms. The van der Waals surface area contributed by atoms with Gasteiger partial charge in [-0.25, -0.2) is 9.97 Å². The van der Waals surface area contributed by atoms with Gasteiger partial charge in [0.15, 0.2) is 0 Å². The van der Waals surface area contributed by atoms with Crippen LogP contribution in [0.5, 0.6) is 5.88 Å². The molecule has 0 fully saturated rings. The van der Waals surface area contributed by atoms with Gasteiger partial charge in [-0.2, -0.15) is 0 Å². The van der Waals surface area contributed by atoms with Crippen molar-refractivity contribution in [2.24, 2.45) is 0 Å². The first kappa shape index (κ1) is 18.4. The van der Waals surface area contributed by atoms with E-state index in [9.17, 15) is 4.79 Å². The fourth-order valence-corrected chi connectivity index (χ4v) is 2.92. The fourth-order valence-electron chi connectivity index (χ4n) is 2.92. The summed E-state index contributed by atoms with van der Waals surface area (Å²) in [4.78, 5) is 21.0. The first-order valence-corrected chi connectivity index (χ1v) is 9.24. The van der Waals surface area contributed by atoms with E-state index in [1.165, 1.54) is 6.33 Å². The molecule has 3 aromatic carbocycles. The van der Waals surface area contributed by atoms with Crippen LogP contribution in [0.4, 0.5) is 5.69 Å². The van der Waals surface area contributed by atoms with Crippen molar-refractivity contribution in [1.29, 1.82) is 0 Å². The maximum absolute atomic E-state index is 12.8. The maximum Gasteiger partial charge on any atom is 0.274 e. The average Bonchev–Trinajstić information content (AvgIpc) is 2.79. The Labute approximate surface area is 169 Å². The molecule has 0 saturated heterocycles. The van der Waals surface area contributed by atoms with Gasteiger partial charge in [-0.1, -0.05) is 78.9 Å². The monoisotopic (exact) mass is 381 g/mol. The van der Waals surface area contributed by atoms with Crippen LogP contribution in [-0.2, 0) is 6.61 Å². The van der Waals surface area contributed by atoms with Crippen LogP contribution in [0.3, 0.4) is 0 Å². The highest BCUT2D eigenvalue weighted by Crippen LogP contribution is 2.27. The van der Waals surface area contributed by atoms with E-state index < -0.39 is 0 Å². The van der Waals surface area contributed by atoms with Gasteiger partial charge in [-0.05, 0) is 17.2 Å². The highest BCUT2D eigenvalue weighted by Gasteiger charge is 2.13. The second-order valence-corrected chi connectivity index (χ2v) is 6.38. The molecule has 0 aliphatic heterocycles. The van der Waals surface area contributed by atoms with Crippen molar-refractivity contribution in [3.63, 3.8) is 0 Å². The second-order valence-electron chi connectivity index (χ2n) is 6.38. The number of aromatic nitrogens is 2. The van der Waals surface area contributed by atoms with Crippen molar-refractivity contribution in [2.45, 2.75) is 6.61 Å². The first-order chi connectivity index (χ1) is 14.3. The standard InChI is InChI=1S/C24H19N3O2/c28-24(27-21-14-8-7-13-20(21)19-11-5-2-6-12-19)22-15-23(26-17-25-22)29-16-18-9-3-1-4-10-18/h1-15,17H,16H2,(H,27,28). The molecule has 4 rings (SSSR count). The Balaban J connectivity index is 1.50. The summed E-state index contributed by atoms with van der Waals surface area (Å²) in [6.45, 7) is 0.371. The summed E-state index contributed by atoms with van der Waals surface area (Å²) in [7, 11) is 0. The van der Waals surface area contributed by atoms with E-state index in [-0.39, 0.29) is 11.6 Å². The van der Waals surface area contributed by atoms with Gasteiger partial charge in [0, 0.05) is 17.3 Å². The number of carbonyl (C=O) groups excluding carboxylic acids is 1. The summed E-state index contributed by atoms with van der Waals surface area (Å²) in [5, 5.41) is 2.94. The smallest absolute Gasteiger partial charge is 0.274 e. The number of benzene rings is 3. The van der Waals surface area contributed by atoms with Crippen molar-refractivity contribution in [1.82, 2.24) is 9.97 Å². The molecule has 5 heteroatoms. The van der Waals surface area contributed by atoms with Crippen LogP contribution in [0.2, 0.25) is 0 Å². The van der Waals surface area contributed by atoms with E-state index in [2.05, 4.69) is 15.3 Å². The number of carbonyl (C=O) groups is 1. The normalized spacial score (nSPS) is 10.3. The number of ether oxygens (including phenoxy) is 1. The Kier molecular flexibility index (Phi) is 5.58. The SMILES string of the molecule is O=C(Nc1ccccc1-c1ccccc1)c1cc(OCc2ccccc2)ncn1. The van der Waals surface area contributed by atoms with Crippen LogP contribution >= 0.6 is 0 Å². The minimum absolute atomic E-state index is 0.242. The molecule has 0 atom stereocenters. The molecule has 0 unspecified atom stereocenters. The van der Waals surface area contributed by atoms with E-state index in [1.54, 1.807) is 6.07 Å². The lowest BCUT2D eigenvalue weighted by Crippen LogP contribution is -2.14. The number of rotatable bonds is 6. The van der Waals surface area contributed by atoms with Crippen LogP contribution in [-0.4, -0.2) is 15.9 Å². The van der Waals surface area contributed by atoms with Crippen molar-refractivity contribution in [3.8, 4) is 17.0 Å². The molecule has 4 aromatic rings. The Morgan fingerprint density at radius 1 is 0.828 bits per heavy atom. The zero-order valence-electron chi connectivity index (χ0n) is 15.7. The molecule has 0 bridgehead atoms. The molecule has 142 valence electrons. The zero-order valence-corrected chi connectivity index (χ0v) is 15.7. The molecule has 0 aliphatic carbocycles. The highest BCUT2D eigenvalue weighted by molar-refractivity contribution is 6.05. The van der Waals surface area contributed by atoms with E-state index in [1.807, 2.05) is 84.9 Å². The van der Waals surface area contributed by atoms with Gasteiger partial charge in [-0.3, -0.25) is 4.79 Å². The predicted molar refractivity (Wildman–Crippen MR) is 113 cm³/mol. The van der Waals surface area contributed by atoms with Crippen LogP contribution in [0.1, 0.15) is 16.1 Å². The number of nitrogens with zero attached hydrogens (tertiary/aromatic N) is 2.